The van der Waals surface area contributed by atoms with Crippen LogP contribution in [-0.4, -0.2) is 17.1 Å². The molecule has 0 bridgehead atoms. The van der Waals surface area contributed by atoms with E-state index in [2.05, 4.69) is 23.5 Å². The number of hydrogen-bond donors (Lipinski definition) is 1. The quantitative estimate of drug-likeness (QED) is 0.705. The predicted molar refractivity (Wildman–Crippen MR) is 61.8 cm³/mol. The van der Waals surface area contributed by atoms with Crippen molar-refractivity contribution in [2.24, 2.45) is 0 Å². The summed E-state index contributed by atoms with van der Waals surface area (Å²) in [5, 5.41) is 3.77. The Labute approximate surface area is 89.2 Å². The molecule has 2 rings (SSSR count). The molecule has 72 valence electrons. The van der Waals surface area contributed by atoms with E-state index in [4.69, 9.17) is 12.2 Å². The molecule has 1 N–H and O–H groups in total. The van der Waals surface area contributed by atoms with E-state index >= 15 is 0 Å². The van der Waals surface area contributed by atoms with Crippen molar-refractivity contribution in [2.75, 3.05) is 7.05 Å². The molecule has 0 fully saturated rings. The minimum absolute atomic E-state index is 0.255. The first-order valence-electron chi connectivity index (χ1n) is 4.54. The molecule has 1 aliphatic heterocycles. The Kier molecular flexibility index (Phi) is 2.50. The van der Waals surface area contributed by atoms with Crippen LogP contribution >= 0.6 is 12.2 Å². The first kappa shape index (κ1) is 9.21. The zero-order valence-corrected chi connectivity index (χ0v) is 8.79. The topological polar surface area (TPSA) is 15.3 Å². The van der Waals surface area contributed by atoms with Gasteiger partial charge in [0.1, 0.15) is 0 Å². The van der Waals surface area contributed by atoms with Crippen LogP contribution in [-0.2, 0) is 0 Å². The monoisotopic (exact) mass is 204 g/mol. The van der Waals surface area contributed by atoms with E-state index in [0.29, 0.717) is 0 Å². The predicted octanol–water partition coefficient (Wildman–Crippen LogP) is 2.06. The summed E-state index contributed by atoms with van der Waals surface area (Å²) in [6, 6.07) is 10.6. The van der Waals surface area contributed by atoms with Crippen molar-refractivity contribution in [3.63, 3.8) is 0 Å². The normalized spacial score (nSPS) is 20.8. The number of nitrogens with zero attached hydrogens (tertiary/aromatic N) is 1. The van der Waals surface area contributed by atoms with E-state index < -0.39 is 0 Å². The van der Waals surface area contributed by atoms with Gasteiger partial charge >= 0.3 is 0 Å². The Balaban J connectivity index is 2.31. The highest BCUT2D eigenvalue weighted by atomic mass is 32.1. The lowest BCUT2D eigenvalue weighted by Gasteiger charge is -2.31. The number of hydrogen-bond acceptors (Lipinski definition) is 1. The minimum Gasteiger partial charge on any atom is -0.341 e. The van der Waals surface area contributed by atoms with Crippen molar-refractivity contribution in [3.05, 3.63) is 48.2 Å². The van der Waals surface area contributed by atoms with Crippen LogP contribution in [0.25, 0.3) is 0 Å². The van der Waals surface area contributed by atoms with Crippen LogP contribution in [0.1, 0.15) is 11.6 Å². The van der Waals surface area contributed by atoms with Crippen molar-refractivity contribution in [1.82, 2.24) is 10.2 Å². The molecule has 0 unspecified atom stereocenters. The molecule has 0 aromatic heterocycles. The van der Waals surface area contributed by atoms with Gasteiger partial charge in [0.05, 0.1) is 6.04 Å². The highest BCUT2D eigenvalue weighted by Crippen LogP contribution is 2.22. The maximum absolute atomic E-state index is 5.17. The molecule has 0 aliphatic carbocycles. The van der Waals surface area contributed by atoms with Gasteiger partial charge in [0.25, 0.3) is 0 Å². The number of rotatable bonds is 1. The maximum atomic E-state index is 5.17. The standard InChI is InChI=1S/C11H12N2S/c1-13-10(7-8-12-11(13)14)9-5-3-2-4-6-9/h2-8,10H,1H3,(H,12,14)/t10-/m0/s1. The molecule has 14 heavy (non-hydrogen) atoms. The lowest BCUT2D eigenvalue weighted by Crippen LogP contribution is -2.39. The Morgan fingerprint density at radius 3 is 2.71 bits per heavy atom. The van der Waals surface area contributed by atoms with Gasteiger partial charge in [-0.25, -0.2) is 0 Å². The number of thiocarbonyl (C=S) groups is 1. The smallest absolute Gasteiger partial charge is 0.173 e. The first-order valence-corrected chi connectivity index (χ1v) is 4.95. The van der Waals surface area contributed by atoms with Crippen molar-refractivity contribution in [3.8, 4) is 0 Å². The van der Waals surface area contributed by atoms with Gasteiger partial charge in [0, 0.05) is 13.2 Å². The summed E-state index contributed by atoms with van der Waals surface area (Å²) >= 11 is 5.17. The zero-order valence-electron chi connectivity index (χ0n) is 7.97. The van der Waals surface area contributed by atoms with Crippen molar-refractivity contribution < 1.29 is 0 Å². The third kappa shape index (κ3) is 1.63. The third-order valence-corrected chi connectivity index (χ3v) is 2.77. The largest absolute Gasteiger partial charge is 0.341 e. The Morgan fingerprint density at radius 1 is 1.29 bits per heavy atom. The van der Waals surface area contributed by atoms with Crippen LogP contribution in [0.5, 0.6) is 0 Å². The second-order valence-electron chi connectivity index (χ2n) is 3.28. The van der Waals surface area contributed by atoms with E-state index in [1.807, 2.05) is 36.3 Å². The van der Waals surface area contributed by atoms with E-state index in [-0.39, 0.29) is 6.04 Å². The molecule has 1 atom stereocenters. The summed E-state index contributed by atoms with van der Waals surface area (Å²) in [6.45, 7) is 0. The summed E-state index contributed by atoms with van der Waals surface area (Å²) < 4.78 is 0. The second-order valence-corrected chi connectivity index (χ2v) is 3.66. The molecule has 0 spiro atoms. The van der Waals surface area contributed by atoms with Gasteiger partial charge in [-0.2, -0.15) is 0 Å². The Hall–Kier alpha value is -1.35. The summed E-state index contributed by atoms with van der Waals surface area (Å²) in [5.74, 6) is 0. The van der Waals surface area contributed by atoms with Crippen LogP contribution in [0.15, 0.2) is 42.6 Å². The molecular weight excluding hydrogens is 192 g/mol. The van der Waals surface area contributed by atoms with Crippen LogP contribution in [0, 0.1) is 0 Å². The summed E-state index contributed by atoms with van der Waals surface area (Å²) in [7, 11) is 2.00. The minimum atomic E-state index is 0.255. The SMILES string of the molecule is CN1C(=S)NC=C[C@H]1c1ccccc1. The number of benzene rings is 1. The Bertz CT molecular complexity index is 359. The van der Waals surface area contributed by atoms with Gasteiger partial charge in [0.15, 0.2) is 5.11 Å². The fourth-order valence-corrected chi connectivity index (χ4v) is 1.73. The fraction of sp³-hybridized carbons (Fsp3) is 0.182. The summed E-state index contributed by atoms with van der Waals surface area (Å²) in [6.07, 6.45) is 4.01. The van der Waals surface area contributed by atoms with E-state index in [1.54, 1.807) is 0 Å². The molecule has 1 aromatic rings. The molecule has 0 saturated carbocycles. The van der Waals surface area contributed by atoms with Crippen LogP contribution in [0.2, 0.25) is 0 Å². The second kappa shape index (κ2) is 3.80. The molecular formula is C11H12N2S. The van der Waals surface area contributed by atoms with Gasteiger partial charge in [-0.15, -0.1) is 0 Å². The summed E-state index contributed by atoms with van der Waals surface area (Å²) in [5.41, 5.74) is 1.26. The molecule has 1 aromatic carbocycles. The van der Waals surface area contributed by atoms with Crippen LogP contribution in [0.4, 0.5) is 0 Å². The lowest BCUT2D eigenvalue weighted by molar-refractivity contribution is 0.425. The van der Waals surface area contributed by atoms with E-state index in [9.17, 15) is 0 Å². The van der Waals surface area contributed by atoms with Gasteiger partial charge in [-0.3, -0.25) is 0 Å². The van der Waals surface area contributed by atoms with Gasteiger partial charge < -0.3 is 10.2 Å². The highest BCUT2D eigenvalue weighted by Gasteiger charge is 2.18. The van der Waals surface area contributed by atoms with Crippen LogP contribution in [0.3, 0.4) is 0 Å². The van der Waals surface area contributed by atoms with E-state index in [1.165, 1.54) is 5.56 Å². The number of likely N-dealkylation sites (N-methyl/N-ethyl adjacent to an activating group) is 1. The van der Waals surface area contributed by atoms with Gasteiger partial charge in [-0.1, -0.05) is 30.3 Å². The average Bonchev–Trinajstić information content (AvgIpc) is 2.23. The maximum Gasteiger partial charge on any atom is 0.173 e. The molecule has 3 heteroatoms. The lowest BCUT2D eigenvalue weighted by atomic mass is 10.1. The molecule has 0 amide bonds. The molecule has 0 saturated heterocycles. The van der Waals surface area contributed by atoms with Crippen molar-refractivity contribution in [2.45, 2.75) is 6.04 Å². The average molecular weight is 204 g/mol. The highest BCUT2D eigenvalue weighted by molar-refractivity contribution is 7.80. The van der Waals surface area contributed by atoms with Crippen LogP contribution < -0.4 is 5.32 Å². The van der Waals surface area contributed by atoms with Crippen molar-refractivity contribution in [1.29, 1.82) is 0 Å². The zero-order chi connectivity index (χ0) is 9.97. The molecule has 2 nitrogen and oxygen atoms in total. The third-order valence-electron chi connectivity index (χ3n) is 2.36. The molecule has 1 aliphatic rings. The fourth-order valence-electron chi connectivity index (χ4n) is 1.55. The summed E-state index contributed by atoms with van der Waals surface area (Å²) in [4.78, 5) is 2.05. The van der Waals surface area contributed by atoms with E-state index in [0.717, 1.165) is 5.11 Å². The molecule has 1 heterocycles. The van der Waals surface area contributed by atoms with Gasteiger partial charge in [0.2, 0.25) is 0 Å². The number of nitrogens with one attached hydrogen (secondary N) is 1. The van der Waals surface area contributed by atoms with Crippen molar-refractivity contribution >= 4 is 17.3 Å². The Morgan fingerprint density at radius 2 is 2.00 bits per heavy atom. The first-order chi connectivity index (χ1) is 6.79. The molecule has 0 radical (unpaired) electrons. The van der Waals surface area contributed by atoms with Gasteiger partial charge in [-0.05, 0) is 23.9 Å².